The summed E-state index contributed by atoms with van der Waals surface area (Å²) in [6.45, 7) is 3.53. The van der Waals surface area contributed by atoms with Crippen molar-refractivity contribution < 1.29 is 17.6 Å². The molecular weight excluding hydrogens is 403 g/mol. The molecular formula is C23H23FN2O3S. The molecule has 0 atom stereocenters. The Kier molecular flexibility index (Phi) is 6.52. The Balaban J connectivity index is 1.85. The number of hydrogen-bond acceptors (Lipinski definition) is 3. The summed E-state index contributed by atoms with van der Waals surface area (Å²) in [5.74, 6) is -0.823. The van der Waals surface area contributed by atoms with Crippen molar-refractivity contribution in [3.63, 3.8) is 0 Å². The van der Waals surface area contributed by atoms with Gasteiger partial charge in [0.05, 0.1) is 10.6 Å². The van der Waals surface area contributed by atoms with E-state index in [0.717, 1.165) is 15.4 Å². The average molecular weight is 427 g/mol. The summed E-state index contributed by atoms with van der Waals surface area (Å²) in [5.41, 5.74) is 2.94. The summed E-state index contributed by atoms with van der Waals surface area (Å²) >= 11 is 0. The van der Waals surface area contributed by atoms with Crippen LogP contribution in [0.4, 0.5) is 10.1 Å². The van der Waals surface area contributed by atoms with Crippen LogP contribution in [0.5, 0.6) is 0 Å². The third-order valence-corrected chi connectivity index (χ3v) is 6.38. The van der Waals surface area contributed by atoms with Gasteiger partial charge in [-0.2, -0.15) is 0 Å². The molecule has 0 saturated heterocycles. The molecule has 0 fully saturated rings. The second-order valence-corrected chi connectivity index (χ2v) is 8.93. The molecule has 0 aliphatic rings. The van der Waals surface area contributed by atoms with Crippen molar-refractivity contribution in [1.29, 1.82) is 0 Å². The fourth-order valence-electron chi connectivity index (χ4n) is 2.92. The largest absolute Gasteiger partial charge is 0.350 e. The number of nitrogens with one attached hydrogen (secondary N) is 1. The van der Waals surface area contributed by atoms with Gasteiger partial charge in [-0.1, -0.05) is 42.0 Å². The normalized spacial score (nSPS) is 11.2. The van der Waals surface area contributed by atoms with Gasteiger partial charge in [0, 0.05) is 6.54 Å². The molecule has 30 heavy (non-hydrogen) atoms. The number of hydrogen-bond donors (Lipinski definition) is 1. The van der Waals surface area contributed by atoms with Crippen LogP contribution in [-0.4, -0.2) is 20.9 Å². The molecule has 156 valence electrons. The Bertz CT molecular complexity index is 1130. The van der Waals surface area contributed by atoms with Crippen LogP contribution in [0.2, 0.25) is 0 Å². The number of anilines is 1. The lowest BCUT2D eigenvalue weighted by molar-refractivity contribution is -0.119. The second-order valence-electron chi connectivity index (χ2n) is 7.07. The summed E-state index contributed by atoms with van der Waals surface area (Å²) in [5, 5.41) is 2.70. The number of carbonyl (C=O) groups excluding carboxylic acids is 1. The van der Waals surface area contributed by atoms with Crippen LogP contribution in [-0.2, 0) is 21.4 Å². The first kappa shape index (κ1) is 21.5. The van der Waals surface area contributed by atoms with Crippen molar-refractivity contribution in [2.45, 2.75) is 25.3 Å². The van der Waals surface area contributed by atoms with Crippen LogP contribution in [0.3, 0.4) is 0 Å². The standard InChI is InChI=1S/C23H23FN2O3S/c1-17-6-12-22(13-7-17)30(28,29)26(21-5-3-4-18(2)14-21)16-23(27)25-15-19-8-10-20(24)11-9-19/h3-14H,15-16H2,1-2H3,(H,25,27). The van der Waals surface area contributed by atoms with Crippen molar-refractivity contribution in [1.82, 2.24) is 5.32 Å². The smallest absolute Gasteiger partial charge is 0.264 e. The number of aryl methyl sites for hydroxylation is 2. The zero-order chi connectivity index (χ0) is 21.7. The van der Waals surface area contributed by atoms with Crippen LogP contribution in [0.1, 0.15) is 16.7 Å². The van der Waals surface area contributed by atoms with Crippen molar-refractivity contribution in [3.8, 4) is 0 Å². The van der Waals surface area contributed by atoms with Crippen LogP contribution in [0, 0.1) is 19.7 Å². The van der Waals surface area contributed by atoms with E-state index in [1.807, 2.05) is 19.9 Å². The van der Waals surface area contributed by atoms with Crippen molar-refractivity contribution in [2.75, 3.05) is 10.8 Å². The topological polar surface area (TPSA) is 66.5 Å². The van der Waals surface area contributed by atoms with Gasteiger partial charge in [-0.15, -0.1) is 0 Å². The van der Waals surface area contributed by atoms with Gasteiger partial charge in [-0.25, -0.2) is 12.8 Å². The molecule has 0 aliphatic carbocycles. The van der Waals surface area contributed by atoms with Crippen molar-refractivity contribution in [3.05, 3.63) is 95.3 Å². The molecule has 0 unspecified atom stereocenters. The lowest BCUT2D eigenvalue weighted by Crippen LogP contribution is -2.40. The molecule has 5 nitrogen and oxygen atoms in total. The highest BCUT2D eigenvalue weighted by atomic mass is 32.2. The third-order valence-electron chi connectivity index (χ3n) is 4.59. The number of amides is 1. The highest BCUT2D eigenvalue weighted by Gasteiger charge is 2.27. The van der Waals surface area contributed by atoms with E-state index >= 15 is 0 Å². The third kappa shape index (κ3) is 5.24. The summed E-state index contributed by atoms with van der Waals surface area (Å²) < 4.78 is 40.8. The molecule has 3 aromatic rings. The molecule has 3 aromatic carbocycles. The highest BCUT2D eigenvalue weighted by molar-refractivity contribution is 7.92. The molecule has 0 bridgehead atoms. The number of benzene rings is 3. The molecule has 3 rings (SSSR count). The predicted octanol–water partition coefficient (Wildman–Crippen LogP) is 3.95. The lowest BCUT2D eigenvalue weighted by atomic mass is 10.2. The zero-order valence-corrected chi connectivity index (χ0v) is 17.6. The highest BCUT2D eigenvalue weighted by Crippen LogP contribution is 2.24. The molecule has 0 radical (unpaired) electrons. The van der Waals surface area contributed by atoms with Crippen molar-refractivity contribution >= 4 is 21.6 Å². The van der Waals surface area contributed by atoms with Crippen molar-refractivity contribution in [2.24, 2.45) is 0 Å². The van der Waals surface area contributed by atoms with Crippen LogP contribution in [0.15, 0.2) is 77.7 Å². The minimum absolute atomic E-state index is 0.112. The maximum Gasteiger partial charge on any atom is 0.264 e. The quantitative estimate of drug-likeness (QED) is 0.622. The molecule has 0 aromatic heterocycles. The molecule has 0 spiro atoms. The maximum absolute atomic E-state index is 13.3. The van der Waals surface area contributed by atoms with Gasteiger partial charge in [0.15, 0.2) is 0 Å². The van der Waals surface area contributed by atoms with E-state index in [1.54, 1.807) is 42.5 Å². The van der Waals surface area contributed by atoms with Gasteiger partial charge < -0.3 is 5.32 Å². The summed E-state index contributed by atoms with van der Waals surface area (Å²) in [6, 6.07) is 19.2. The zero-order valence-electron chi connectivity index (χ0n) is 16.8. The average Bonchev–Trinajstić information content (AvgIpc) is 2.72. The van der Waals surface area contributed by atoms with E-state index in [-0.39, 0.29) is 23.8 Å². The first-order valence-electron chi connectivity index (χ1n) is 9.43. The number of carbonyl (C=O) groups is 1. The predicted molar refractivity (Wildman–Crippen MR) is 115 cm³/mol. The Morgan fingerprint density at radius 1 is 0.933 bits per heavy atom. The van der Waals surface area contributed by atoms with Gasteiger partial charge >= 0.3 is 0 Å². The van der Waals surface area contributed by atoms with E-state index < -0.39 is 15.9 Å². The first-order valence-corrected chi connectivity index (χ1v) is 10.9. The number of sulfonamides is 1. The van der Waals surface area contributed by atoms with E-state index in [4.69, 9.17) is 0 Å². The van der Waals surface area contributed by atoms with E-state index in [9.17, 15) is 17.6 Å². The van der Waals surface area contributed by atoms with Crippen LogP contribution >= 0.6 is 0 Å². The molecule has 0 aliphatic heterocycles. The Morgan fingerprint density at radius 2 is 1.60 bits per heavy atom. The molecule has 1 amide bonds. The summed E-state index contributed by atoms with van der Waals surface area (Å²) in [6.07, 6.45) is 0. The van der Waals surface area contributed by atoms with E-state index in [2.05, 4.69) is 5.32 Å². The molecule has 0 saturated carbocycles. The molecule has 0 heterocycles. The fraction of sp³-hybridized carbons (Fsp3) is 0.174. The summed E-state index contributed by atoms with van der Waals surface area (Å²) in [4.78, 5) is 12.7. The number of halogens is 1. The first-order chi connectivity index (χ1) is 14.3. The van der Waals surface area contributed by atoms with Gasteiger partial charge in [-0.3, -0.25) is 9.10 Å². The number of nitrogens with zero attached hydrogens (tertiary/aromatic N) is 1. The monoisotopic (exact) mass is 426 g/mol. The minimum Gasteiger partial charge on any atom is -0.350 e. The van der Waals surface area contributed by atoms with E-state index in [0.29, 0.717) is 11.3 Å². The van der Waals surface area contributed by atoms with Gasteiger partial charge in [0.1, 0.15) is 12.4 Å². The van der Waals surface area contributed by atoms with Gasteiger partial charge in [0.2, 0.25) is 5.91 Å². The van der Waals surface area contributed by atoms with Crippen LogP contribution in [0.25, 0.3) is 0 Å². The van der Waals surface area contributed by atoms with Gasteiger partial charge in [0.25, 0.3) is 10.0 Å². The Hall–Kier alpha value is -3.19. The maximum atomic E-state index is 13.3. The molecule has 7 heteroatoms. The summed E-state index contributed by atoms with van der Waals surface area (Å²) in [7, 11) is -3.95. The Labute approximate surface area is 176 Å². The fourth-order valence-corrected chi connectivity index (χ4v) is 4.34. The SMILES string of the molecule is Cc1ccc(S(=O)(=O)N(CC(=O)NCc2ccc(F)cc2)c2cccc(C)c2)cc1. The number of rotatable bonds is 7. The van der Waals surface area contributed by atoms with E-state index in [1.165, 1.54) is 24.3 Å². The van der Waals surface area contributed by atoms with Gasteiger partial charge in [-0.05, 0) is 61.4 Å². The Morgan fingerprint density at radius 3 is 2.23 bits per heavy atom. The lowest BCUT2D eigenvalue weighted by Gasteiger charge is -2.24. The second kappa shape index (κ2) is 9.09. The molecule has 1 N–H and O–H groups in total. The van der Waals surface area contributed by atoms with Crippen LogP contribution < -0.4 is 9.62 Å². The minimum atomic E-state index is -3.95.